The molecule has 2 fully saturated rings. The summed E-state index contributed by atoms with van der Waals surface area (Å²) in [5, 5.41) is 0. The van der Waals surface area contributed by atoms with Gasteiger partial charge in [0.1, 0.15) is 11.9 Å². The summed E-state index contributed by atoms with van der Waals surface area (Å²) in [5.74, 6) is -0.0706. The van der Waals surface area contributed by atoms with E-state index in [1.807, 2.05) is 4.90 Å². The average Bonchev–Trinajstić information content (AvgIpc) is 2.82. The van der Waals surface area contributed by atoms with Crippen LogP contribution in [0, 0.1) is 5.82 Å². The van der Waals surface area contributed by atoms with E-state index in [0.29, 0.717) is 0 Å². The molecule has 0 N–H and O–H groups in total. The zero-order chi connectivity index (χ0) is 16.9. The molecule has 3 rings (SSSR count). The van der Waals surface area contributed by atoms with Crippen LogP contribution in [0.2, 0.25) is 0 Å². The Morgan fingerprint density at radius 2 is 1.62 bits per heavy atom. The van der Waals surface area contributed by atoms with E-state index in [2.05, 4.69) is 16.8 Å². The highest BCUT2D eigenvalue weighted by Gasteiger charge is 2.32. The summed E-state index contributed by atoms with van der Waals surface area (Å²) in [5.41, 5.74) is 0.918. The number of halogens is 1. The van der Waals surface area contributed by atoms with Crippen molar-refractivity contribution >= 4 is 5.91 Å². The van der Waals surface area contributed by atoms with Crippen LogP contribution in [0.5, 0.6) is 0 Å². The first-order valence-corrected chi connectivity index (χ1v) is 9.12. The normalized spacial score (nSPS) is 22.2. The first kappa shape index (κ1) is 17.4. The van der Waals surface area contributed by atoms with Gasteiger partial charge in [0.05, 0.1) is 0 Å². The highest BCUT2D eigenvalue weighted by Crippen LogP contribution is 2.27. The van der Waals surface area contributed by atoms with Gasteiger partial charge in [-0.05, 0) is 63.6 Å². The summed E-state index contributed by atoms with van der Waals surface area (Å²) in [4.78, 5) is 19.9. The highest BCUT2D eigenvalue weighted by molar-refractivity contribution is 5.83. The van der Waals surface area contributed by atoms with Crippen LogP contribution in [-0.4, -0.2) is 66.9 Å². The molecule has 4 nitrogen and oxygen atoms in total. The lowest BCUT2D eigenvalue weighted by Gasteiger charge is -2.36. The second-order valence-corrected chi connectivity index (χ2v) is 7.03. The SMILES string of the molecule is CN1CCCN(C(=O)[C@H](c2ccc(F)cc2)N2CCCCC2)CC1. The maximum atomic E-state index is 13.3. The molecule has 1 aromatic rings. The fourth-order valence-corrected chi connectivity index (χ4v) is 3.77. The number of likely N-dealkylation sites (tertiary alicyclic amines) is 1. The van der Waals surface area contributed by atoms with Gasteiger partial charge in [-0.1, -0.05) is 18.6 Å². The molecule has 0 radical (unpaired) electrons. The van der Waals surface area contributed by atoms with E-state index in [0.717, 1.165) is 64.1 Å². The minimum absolute atomic E-state index is 0.179. The number of carbonyl (C=O) groups excluding carboxylic acids is 1. The Morgan fingerprint density at radius 3 is 2.33 bits per heavy atom. The van der Waals surface area contributed by atoms with Crippen molar-refractivity contribution < 1.29 is 9.18 Å². The monoisotopic (exact) mass is 333 g/mol. The van der Waals surface area contributed by atoms with Crippen LogP contribution in [0.1, 0.15) is 37.3 Å². The molecular formula is C19H28FN3O. The van der Waals surface area contributed by atoms with Gasteiger partial charge in [0.15, 0.2) is 0 Å². The number of hydrogen-bond donors (Lipinski definition) is 0. The Labute approximate surface area is 144 Å². The summed E-state index contributed by atoms with van der Waals surface area (Å²) in [7, 11) is 2.11. The number of hydrogen-bond acceptors (Lipinski definition) is 3. The third kappa shape index (κ3) is 4.14. The van der Waals surface area contributed by atoms with Crippen molar-refractivity contribution in [2.45, 2.75) is 31.7 Å². The fraction of sp³-hybridized carbons (Fsp3) is 0.632. The van der Waals surface area contributed by atoms with Crippen LogP contribution >= 0.6 is 0 Å². The van der Waals surface area contributed by atoms with Gasteiger partial charge in [-0.15, -0.1) is 0 Å². The van der Waals surface area contributed by atoms with Crippen molar-refractivity contribution in [2.24, 2.45) is 0 Å². The molecule has 1 aromatic carbocycles. The third-order valence-corrected chi connectivity index (χ3v) is 5.21. The number of rotatable bonds is 3. The van der Waals surface area contributed by atoms with Gasteiger partial charge in [0.2, 0.25) is 5.91 Å². The molecule has 0 unspecified atom stereocenters. The molecule has 24 heavy (non-hydrogen) atoms. The Morgan fingerprint density at radius 1 is 0.917 bits per heavy atom. The minimum atomic E-state index is -0.269. The maximum Gasteiger partial charge on any atom is 0.244 e. The van der Waals surface area contributed by atoms with Crippen molar-refractivity contribution in [1.82, 2.24) is 14.7 Å². The van der Waals surface area contributed by atoms with Gasteiger partial charge >= 0.3 is 0 Å². The molecule has 0 aromatic heterocycles. The first-order valence-electron chi connectivity index (χ1n) is 9.12. The zero-order valence-corrected chi connectivity index (χ0v) is 14.6. The Bertz CT molecular complexity index is 542. The van der Waals surface area contributed by atoms with Crippen molar-refractivity contribution in [3.63, 3.8) is 0 Å². The number of nitrogens with zero attached hydrogens (tertiary/aromatic N) is 3. The zero-order valence-electron chi connectivity index (χ0n) is 14.6. The lowest BCUT2D eigenvalue weighted by Crippen LogP contribution is -2.46. The van der Waals surface area contributed by atoms with Gasteiger partial charge in [0, 0.05) is 19.6 Å². The van der Waals surface area contributed by atoms with E-state index in [4.69, 9.17) is 0 Å². The molecule has 2 heterocycles. The number of benzene rings is 1. The largest absolute Gasteiger partial charge is 0.340 e. The van der Waals surface area contributed by atoms with Crippen LogP contribution in [-0.2, 0) is 4.79 Å². The number of amides is 1. The first-order chi connectivity index (χ1) is 11.6. The summed E-state index contributed by atoms with van der Waals surface area (Å²) < 4.78 is 13.3. The van der Waals surface area contributed by atoms with E-state index in [9.17, 15) is 9.18 Å². The molecule has 1 atom stereocenters. The summed E-state index contributed by atoms with van der Waals surface area (Å²) in [6.45, 7) is 5.44. The lowest BCUT2D eigenvalue weighted by molar-refractivity contribution is -0.137. The summed E-state index contributed by atoms with van der Waals surface area (Å²) >= 11 is 0. The molecule has 0 spiro atoms. The lowest BCUT2D eigenvalue weighted by atomic mass is 10.00. The third-order valence-electron chi connectivity index (χ3n) is 5.21. The molecule has 0 saturated carbocycles. The molecule has 132 valence electrons. The molecule has 2 aliphatic heterocycles. The van der Waals surface area contributed by atoms with E-state index in [1.165, 1.54) is 18.6 Å². The molecule has 1 amide bonds. The summed E-state index contributed by atoms with van der Waals surface area (Å²) in [6, 6.07) is 6.22. The van der Waals surface area contributed by atoms with E-state index in [1.54, 1.807) is 12.1 Å². The molecule has 2 saturated heterocycles. The Balaban J connectivity index is 1.82. The second kappa shape index (κ2) is 8.08. The van der Waals surface area contributed by atoms with E-state index < -0.39 is 0 Å². The predicted octanol–water partition coefficient (Wildman–Crippen LogP) is 2.52. The number of likely N-dealkylation sites (N-methyl/N-ethyl adjacent to an activating group) is 1. The molecule has 5 heteroatoms. The second-order valence-electron chi connectivity index (χ2n) is 7.03. The Hall–Kier alpha value is -1.46. The van der Waals surface area contributed by atoms with Crippen molar-refractivity contribution in [3.8, 4) is 0 Å². The molecule has 2 aliphatic rings. The van der Waals surface area contributed by atoms with Crippen LogP contribution in [0.4, 0.5) is 4.39 Å². The van der Waals surface area contributed by atoms with Crippen molar-refractivity contribution in [1.29, 1.82) is 0 Å². The van der Waals surface area contributed by atoms with Gasteiger partial charge in [-0.2, -0.15) is 0 Å². The standard InChI is InChI=1S/C19H28FN3O/c1-21-10-5-13-23(15-14-21)19(24)18(22-11-3-2-4-12-22)16-6-8-17(20)9-7-16/h6-9,18H,2-5,10-15H2,1H3/t18-/m0/s1. The summed E-state index contributed by atoms with van der Waals surface area (Å²) in [6.07, 6.45) is 4.51. The van der Waals surface area contributed by atoms with Gasteiger partial charge in [-0.25, -0.2) is 4.39 Å². The average molecular weight is 333 g/mol. The van der Waals surface area contributed by atoms with Crippen LogP contribution in [0.25, 0.3) is 0 Å². The highest BCUT2D eigenvalue weighted by atomic mass is 19.1. The van der Waals surface area contributed by atoms with Gasteiger partial charge in [-0.3, -0.25) is 9.69 Å². The van der Waals surface area contributed by atoms with Crippen molar-refractivity contribution in [3.05, 3.63) is 35.6 Å². The van der Waals surface area contributed by atoms with E-state index >= 15 is 0 Å². The smallest absolute Gasteiger partial charge is 0.244 e. The van der Waals surface area contributed by atoms with Crippen LogP contribution in [0.15, 0.2) is 24.3 Å². The molecule has 0 bridgehead atoms. The Kier molecular flexibility index (Phi) is 5.85. The quantitative estimate of drug-likeness (QED) is 0.850. The van der Waals surface area contributed by atoms with Crippen LogP contribution < -0.4 is 0 Å². The van der Waals surface area contributed by atoms with Gasteiger partial charge < -0.3 is 9.80 Å². The molecular weight excluding hydrogens is 305 g/mol. The number of carbonyl (C=O) groups is 1. The molecule has 0 aliphatic carbocycles. The topological polar surface area (TPSA) is 26.8 Å². The maximum absolute atomic E-state index is 13.3. The minimum Gasteiger partial charge on any atom is -0.340 e. The van der Waals surface area contributed by atoms with E-state index in [-0.39, 0.29) is 17.8 Å². The van der Waals surface area contributed by atoms with Crippen molar-refractivity contribution in [2.75, 3.05) is 46.3 Å². The van der Waals surface area contributed by atoms with Crippen LogP contribution in [0.3, 0.4) is 0 Å². The predicted molar refractivity (Wildman–Crippen MR) is 93.3 cm³/mol. The fourth-order valence-electron chi connectivity index (χ4n) is 3.77. The number of piperidine rings is 1. The van der Waals surface area contributed by atoms with Gasteiger partial charge in [0.25, 0.3) is 0 Å².